The zero-order valence-corrected chi connectivity index (χ0v) is 13.2. The number of hydrogen-bond donors (Lipinski definition) is 1. The van der Waals surface area contributed by atoms with Gasteiger partial charge in [0.25, 0.3) is 0 Å². The monoisotopic (exact) mass is 320 g/mol. The first-order chi connectivity index (χ1) is 11.7. The second-order valence-electron chi connectivity index (χ2n) is 5.94. The van der Waals surface area contributed by atoms with Crippen LogP contribution in [0.5, 0.6) is 17.2 Å². The van der Waals surface area contributed by atoms with Gasteiger partial charge in [-0.15, -0.1) is 0 Å². The Balaban J connectivity index is 1.91. The molecule has 2 aliphatic rings. The molecule has 0 aromatic heterocycles. The minimum absolute atomic E-state index is 0.161. The molecule has 0 saturated heterocycles. The summed E-state index contributed by atoms with van der Waals surface area (Å²) < 4.78 is 16.4. The number of fused-ring (bicyclic) bond motifs is 2. The van der Waals surface area contributed by atoms with Crippen molar-refractivity contribution in [3.63, 3.8) is 0 Å². The fraction of sp³-hybridized carbons (Fsp3) is 0.263. The Morgan fingerprint density at radius 2 is 2.08 bits per heavy atom. The number of nitrogens with zero attached hydrogens (tertiary/aromatic N) is 1. The molecule has 120 valence electrons. The van der Waals surface area contributed by atoms with E-state index < -0.39 is 5.92 Å². The van der Waals surface area contributed by atoms with E-state index >= 15 is 0 Å². The maximum absolute atomic E-state index is 9.66. The van der Waals surface area contributed by atoms with E-state index in [4.69, 9.17) is 19.6 Å². The Kier molecular flexibility index (Phi) is 3.39. The SMILES string of the molecule is COc1cc(C2c3ccccc3CC(=N)C2C#N)cc2c1OCO2. The Labute approximate surface area is 139 Å². The second-order valence-corrected chi connectivity index (χ2v) is 5.94. The highest BCUT2D eigenvalue weighted by Crippen LogP contribution is 2.47. The van der Waals surface area contributed by atoms with Crippen molar-refractivity contribution in [2.45, 2.75) is 12.3 Å². The van der Waals surface area contributed by atoms with Crippen LogP contribution in [0, 0.1) is 22.7 Å². The van der Waals surface area contributed by atoms with Gasteiger partial charge >= 0.3 is 0 Å². The van der Waals surface area contributed by atoms with Crippen LogP contribution in [0.3, 0.4) is 0 Å². The predicted molar refractivity (Wildman–Crippen MR) is 87.9 cm³/mol. The zero-order valence-electron chi connectivity index (χ0n) is 13.2. The van der Waals surface area contributed by atoms with Crippen molar-refractivity contribution >= 4 is 5.71 Å². The summed E-state index contributed by atoms with van der Waals surface area (Å²) in [5, 5.41) is 18.0. The molecule has 2 aromatic rings. The van der Waals surface area contributed by atoms with E-state index in [1.807, 2.05) is 36.4 Å². The lowest BCUT2D eigenvalue weighted by Crippen LogP contribution is -2.29. The van der Waals surface area contributed by atoms with Crippen molar-refractivity contribution in [1.29, 1.82) is 10.7 Å². The maximum atomic E-state index is 9.66. The van der Waals surface area contributed by atoms with Crippen molar-refractivity contribution < 1.29 is 14.2 Å². The van der Waals surface area contributed by atoms with Gasteiger partial charge in [-0.05, 0) is 28.8 Å². The number of rotatable bonds is 2. The highest BCUT2D eigenvalue weighted by molar-refractivity contribution is 5.91. The summed E-state index contributed by atoms with van der Waals surface area (Å²) >= 11 is 0. The van der Waals surface area contributed by atoms with E-state index in [1.54, 1.807) is 7.11 Å². The van der Waals surface area contributed by atoms with E-state index in [-0.39, 0.29) is 12.7 Å². The van der Waals surface area contributed by atoms with Gasteiger partial charge in [0.05, 0.1) is 19.1 Å². The van der Waals surface area contributed by atoms with Gasteiger partial charge in [-0.2, -0.15) is 5.26 Å². The molecule has 1 aliphatic heterocycles. The molecule has 1 aliphatic carbocycles. The van der Waals surface area contributed by atoms with Crippen LogP contribution in [0.25, 0.3) is 0 Å². The van der Waals surface area contributed by atoms with E-state index in [1.165, 1.54) is 0 Å². The molecule has 5 nitrogen and oxygen atoms in total. The molecular weight excluding hydrogens is 304 g/mol. The van der Waals surface area contributed by atoms with Crippen LogP contribution in [-0.2, 0) is 6.42 Å². The lowest BCUT2D eigenvalue weighted by Gasteiger charge is -2.31. The first-order valence-corrected chi connectivity index (χ1v) is 7.75. The van der Waals surface area contributed by atoms with Gasteiger partial charge in [-0.25, -0.2) is 0 Å². The van der Waals surface area contributed by atoms with Gasteiger partial charge in [0.15, 0.2) is 11.5 Å². The standard InChI is InChI=1S/C19H16N2O3/c1-22-16-7-12(8-17-19(16)24-10-23-17)18-13-5-3-2-4-11(13)6-15(21)14(18)9-20/h2-5,7-8,14,18,21H,6,10H2,1H3. The summed E-state index contributed by atoms with van der Waals surface area (Å²) in [6.07, 6.45) is 0.520. The molecule has 0 bridgehead atoms. The summed E-state index contributed by atoms with van der Waals surface area (Å²) in [6.45, 7) is 0.161. The van der Waals surface area contributed by atoms with E-state index in [0.29, 0.717) is 29.4 Å². The van der Waals surface area contributed by atoms with E-state index in [2.05, 4.69) is 6.07 Å². The molecular formula is C19H16N2O3. The summed E-state index contributed by atoms with van der Waals surface area (Å²) in [7, 11) is 1.58. The number of benzene rings is 2. The second kappa shape index (κ2) is 5.57. The topological polar surface area (TPSA) is 75.3 Å². The van der Waals surface area contributed by atoms with Crippen LogP contribution < -0.4 is 14.2 Å². The minimum Gasteiger partial charge on any atom is -0.493 e. The van der Waals surface area contributed by atoms with Gasteiger partial charge < -0.3 is 19.6 Å². The fourth-order valence-electron chi connectivity index (χ4n) is 3.55. The van der Waals surface area contributed by atoms with Crippen molar-refractivity contribution in [2.24, 2.45) is 5.92 Å². The first kappa shape index (κ1) is 14.6. The number of nitrogens with one attached hydrogen (secondary N) is 1. The smallest absolute Gasteiger partial charge is 0.231 e. The summed E-state index contributed by atoms with van der Waals surface area (Å²) in [4.78, 5) is 0. The van der Waals surface area contributed by atoms with Gasteiger partial charge in [0.2, 0.25) is 12.5 Å². The molecule has 5 heteroatoms. The average molecular weight is 320 g/mol. The predicted octanol–water partition coefficient (Wildman–Crippen LogP) is 3.27. The largest absolute Gasteiger partial charge is 0.493 e. The molecule has 24 heavy (non-hydrogen) atoms. The Bertz CT molecular complexity index is 869. The van der Waals surface area contributed by atoms with Crippen LogP contribution in [0.1, 0.15) is 22.6 Å². The summed E-state index contributed by atoms with van der Waals surface area (Å²) in [6, 6.07) is 14.1. The number of methoxy groups -OCH3 is 1. The number of nitriles is 1. The number of hydrogen-bond acceptors (Lipinski definition) is 5. The molecule has 2 aromatic carbocycles. The molecule has 0 fully saturated rings. The van der Waals surface area contributed by atoms with Crippen LogP contribution in [-0.4, -0.2) is 19.6 Å². The highest BCUT2D eigenvalue weighted by Gasteiger charge is 2.36. The Morgan fingerprint density at radius 1 is 1.25 bits per heavy atom. The quantitative estimate of drug-likeness (QED) is 0.921. The molecule has 0 radical (unpaired) electrons. The third-order valence-corrected chi connectivity index (χ3v) is 4.66. The van der Waals surface area contributed by atoms with Gasteiger partial charge in [0, 0.05) is 18.1 Å². The lowest BCUT2D eigenvalue weighted by molar-refractivity contribution is 0.171. The highest BCUT2D eigenvalue weighted by atomic mass is 16.7. The van der Waals surface area contributed by atoms with Gasteiger partial charge in [0.1, 0.15) is 0 Å². The Morgan fingerprint density at radius 3 is 2.88 bits per heavy atom. The normalized spacial score (nSPS) is 21.1. The van der Waals surface area contributed by atoms with Crippen molar-refractivity contribution in [3.8, 4) is 23.3 Å². The van der Waals surface area contributed by atoms with Crippen LogP contribution in [0.15, 0.2) is 36.4 Å². The van der Waals surface area contributed by atoms with Crippen molar-refractivity contribution in [2.75, 3.05) is 13.9 Å². The molecule has 1 heterocycles. The molecule has 2 unspecified atom stereocenters. The molecule has 0 saturated carbocycles. The summed E-state index contributed by atoms with van der Waals surface area (Å²) in [5.74, 6) is 1.09. The van der Waals surface area contributed by atoms with Crippen LogP contribution >= 0.6 is 0 Å². The van der Waals surface area contributed by atoms with Gasteiger partial charge in [-0.3, -0.25) is 0 Å². The number of ether oxygens (including phenoxy) is 3. The molecule has 0 amide bonds. The lowest BCUT2D eigenvalue weighted by atomic mass is 9.71. The van der Waals surface area contributed by atoms with Crippen molar-refractivity contribution in [1.82, 2.24) is 0 Å². The third kappa shape index (κ3) is 2.11. The molecule has 1 N–H and O–H groups in total. The Hall–Kier alpha value is -3.00. The molecule has 2 atom stereocenters. The van der Waals surface area contributed by atoms with Crippen LogP contribution in [0.4, 0.5) is 0 Å². The minimum atomic E-state index is -0.495. The van der Waals surface area contributed by atoms with Crippen molar-refractivity contribution in [3.05, 3.63) is 53.1 Å². The average Bonchev–Trinajstić information content (AvgIpc) is 3.08. The van der Waals surface area contributed by atoms with Crippen LogP contribution in [0.2, 0.25) is 0 Å². The molecule has 0 spiro atoms. The molecule has 4 rings (SSSR count). The van der Waals surface area contributed by atoms with E-state index in [0.717, 1.165) is 16.7 Å². The fourth-order valence-corrected chi connectivity index (χ4v) is 3.55. The third-order valence-electron chi connectivity index (χ3n) is 4.66. The maximum Gasteiger partial charge on any atom is 0.231 e. The first-order valence-electron chi connectivity index (χ1n) is 7.75. The zero-order chi connectivity index (χ0) is 16.7. The summed E-state index contributed by atoms with van der Waals surface area (Å²) in [5.41, 5.74) is 3.52. The van der Waals surface area contributed by atoms with E-state index in [9.17, 15) is 5.26 Å². The van der Waals surface area contributed by atoms with Gasteiger partial charge in [-0.1, -0.05) is 24.3 Å².